The van der Waals surface area contributed by atoms with E-state index in [9.17, 15) is 14.4 Å². The molecule has 1 fully saturated rings. The molecule has 1 aliphatic heterocycles. The first-order chi connectivity index (χ1) is 10.5. The van der Waals surface area contributed by atoms with E-state index in [1.807, 2.05) is 0 Å². The highest BCUT2D eigenvalue weighted by molar-refractivity contribution is 8.00. The molecule has 2 rings (SSSR count). The van der Waals surface area contributed by atoms with Crippen molar-refractivity contribution in [3.63, 3.8) is 0 Å². The van der Waals surface area contributed by atoms with E-state index in [1.165, 1.54) is 11.6 Å². The number of thioether (sulfide) groups is 1. The number of imide groups is 1. The third-order valence-corrected chi connectivity index (χ3v) is 4.34. The molecule has 0 saturated carbocycles. The molecule has 10 heteroatoms. The Balaban J connectivity index is 2.01. The summed E-state index contributed by atoms with van der Waals surface area (Å²) in [5.74, 6) is -0.455. The Morgan fingerprint density at radius 3 is 3.00 bits per heavy atom. The van der Waals surface area contributed by atoms with Crippen LogP contribution in [0.2, 0.25) is 0 Å². The second kappa shape index (κ2) is 7.45. The highest BCUT2D eigenvalue weighted by Crippen LogP contribution is 2.21. The van der Waals surface area contributed by atoms with Gasteiger partial charge in [-0.2, -0.15) is 0 Å². The fraction of sp³-hybridized carbons (Fsp3) is 0.667. The van der Waals surface area contributed by atoms with Crippen LogP contribution in [-0.2, 0) is 16.1 Å². The number of urea groups is 1. The summed E-state index contributed by atoms with van der Waals surface area (Å²) in [6.45, 7) is 2.74. The number of nitrogens with zero attached hydrogens (tertiary/aromatic N) is 2. The molecule has 1 aromatic rings. The number of rotatable bonds is 5. The minimum atomic E-state index is -0.573. The molecule has 2 atom stereocenters. The van der Waals surface area contributed by atoms with Gasteiger partial charge in [-0.05, 0) is 19.8 Å². The largest absolute Gasteiger partial charge is 0.376 e. The van der Waals surface area contributed by atoms with E-state index in [0.717, 1.165) is 24.6 Å². The first-order valence-corrected chi connectivity index (χ1v) is 7.85. The lowest BCUT2D eigenvalue weighted by Crippen LogP contribution is -2.41. The van der Waals surface area contributed by atoms with Crippen LogP contribution in [0.25, 0.3) is 0 Å². The summed E-state index contributed by atoms with van der Waals surface area (Å²) in [6.07, 6.45) is 1.86. The molecule has 2 heterocycles. The number of aromatic nitrogens is 3. The van der Waals surface area contributed by atoms with Crippen molar-refractivity contribution < 1.29 is 14.3 Å². The molecule has 3 N–H and O–H groups in total. The number of hydrogen-bond acceptors (Lipinski definition) is 6. The molecule has 0 unspecified atom stereocenters. The number of H-pyrrole nitrogens is 1. The Morgan fingerprint density at radius 1 is 1.59 bits per heavy atom. The maximum atomic E-state index is 11.8. The third kappa shape index (κ3) is 4.10. The number of carbonyl (C=O) groups is 2. The van der Waals surface area contributed by atoms with Crippen molar-refractivity contribution in [3.05, 3.63) is 10.5 Å². The Bertz CT molecular complexity index is 593. The fourth-order valence-electron chi connectivity index (χ4n) is 2.03. The van der Waals surface area contributed by atoms with E-state index in [2.05, 4.69) is 20.8 Å². The van der Waals surface area contributed by atoms with Gasteiger partial charge in [0.1, 0.15) is 0 Å². The predicted molar refractivity (Wildman–Crippen MR) is 79.7 cm³/mol. The van der Waals surface area contributed by atoms with Crippen LogP contribution in [0.4, 0.5) is 4.79 Å². The summed E-state index contributed by atoms with van der Waals surface area (Å²) < 4.78 is 6.98. The quantitative estimate of drug-likeness (QED) is 0.638. The van der Waals surface area contributed by atoms with Crippen LogP contribution in [0, 0.1) is 0 Å². The van der Waals surface area contributed by atoms with Gasteiger partial charge in [0.15, 0.2) is 5.16 Å². The summed E-state index contributed by atoms with van der Waals surface area (Å²) in [6, 6.07) is -0.573. The molecule has 0 bridgehead atoms. The normalized spacial score (nSPS) is 18.9. The number of nitrogens with one attached hydrogen (secondary N) is 3. The molecule has 1 saturated heterocycles. The highest BCUT2D eigenvalue weighted by atomic mass is 32.2. The Kier molecular flexibility index (Phi) is 5.61. The molecule has 1 aliphatic rings. The lowest BCUT2D eigenvalue weighted by atomic mass is 10.2. The van der Waals surface area contributed by atoms with E-state index in [4.69, 9.17) is 4.74 Å². The van der Waals surface area contributed by atoms with Gasteiger partial charge in [-0.1, -0.05) is 11.8 Å². The maximum absolute atomic E-state index is 11.8. The summed E-state index contributed by atoms with van der Waals surface area (Å²) in [5, 5.41) is 10.6. The van der Waals surface area contributed by atoms with Crippen LogP contribution in [0.1, 0.15) is 19.8 Å². The second-order valence-electron chi connectivity index (χ2n) is 4.89. The molecule has 0 spiro atoms. The van der Waals surface area contributed by atoms with Crippen molar-refractivity contribution in [3.8, 4) is 0 Å². The van der Waals surface area contributed by atoms with Crippen molar-refractivity contribution in [1.29, 1.82) is 0 Å². The number of hydrogen-bond donors (Lipinski definition) is 3. The lowest BCUT2D eigenvalue weighted by Gasteiger charge is -2.13. The van der Waals surface area contributed by atoms with Gasteiger partial charge < -0.3 is 10.1 Å². The van der Waals surface area contributed by atoms with Gasteiger partial charge >= 0.3 is 11.7 Å². The average Bonchev–Trinajstić information content (AvgIpc) is 3.12. The number of carbonyl (C=O) groups excluding carboxylic acids is 2. The Morgan fingerprint density at radius 2 is 2.36 bits per heavy atom. The summed E-state index contributed by atoms with van der Waals surface area (Å²) in [4.78, 5) is 34.8. The van der Waals surface area contributed by atoms with E-state index in [1.54, 1.807) is 6.92 Å². The average molecular weight is 329 g/mol. The maximum Gasteiger partial charge on any atom is 0.344 e. The summed E-state index contributed by atoms with van der Waals surface area (Å²) in [7, 11) is 1.42. The Labute approximate surface area is 131 Å². The molecule has 3 amide bonds. The molecule has 122 valence electrons. The van der Waals surface area contributed by atoms with Crippen molar-refractivity contribution in [2.45, 2.75) is 42.8 Å². The number of aromatic amines is 1. The van der Waals surface area contributed by atoms with Crippen molar-refractivity contribution >= 4 is 23.7 Å². The minimum absolute atomic E-state index is 0.00958. The highest BCUT2D eigenvalue weighted by Gasteiger charge is 2.23. The lowest BCUT2D eigenvalue weighted by molar-refractivity contribution is -0.119. The van der Waals surface area contributed by atoms with Crippen LogP contribution in [-0.4, -0.2) is 51.7 Å². The zero-order chi connectivity index (χ0) is 16.1. The van der Waals surface area contributed by atoms with Gasteiger partial charge in [-0.3, -0.25) is 14.7 Å². The molecule has 22 heavy (non-hydrogen) atoms. The van der Waals surface area contributed by atoms with E-state index < -0.39 is 17.2 Å². The summed E-state index contributed by atoms with van der Waals surface area (Å²) >= 11 is 1.11. The fourth-order valence-corrected chi connectivity index (χ4v) is 2.90. The molecule has 1 aromatic heterocycles. The SMILES string of the molecule is CNC(=O)NC(=O)[C@@H](C)Sc1n[nH]c(=O)n1C[C@@H]1CCCO1. The van der Waals surface area contributed by atoms with Crippen LogP contribution < -0.4 is 16.3 Å². The molecule has 0 radical (unpaired) electrons. The van der Waals surface area contributed by atoms with E-state index >= 15 is 0 Å². The molecular weight excluding hydrogens is 310 g/mol. The second-order valence-corrected chi connectivity index (χ2v) is 6.19. The Hall–Kier alpha value is -1.81. The zero-order valence-corrected chi connectivity index (χ0v) is 13.2. The number of amides is 3. The van der Waals surface area contributed by atoms with Crippen molar-refractivity contribution in [2.75, 3.05) is 13.7 Å². The monoisotopic (exact) mass is 329 g/mol. The third-order valence-electron chi connectivity index (χ3n) is 3.25. The topological polar surface area (TPSA) is 118 Å². The summed E-state index contributed by atoms with van der Waals surface area (Å²) in [5.41, 5.74) is -0.336. The van der Waals surface area contributed by atoms with Gasteiger partial charge in [-0.25, -0.2) is 14.7 Å². The van der Waals surface area contributed by atoms with Crippen LogP contribution in [0.3, 0.4) is 0 Å². The zero-order valence-electron chi connectivity index (χ0n) is 12.4. The molecular formula is C12H19N5O4S. The van der Waals surface area contributed by atoms with Gasteiger partial charge in [0.25, 0.3) is 0 Å². The van der Waals surface area contributed by atoms with E-state index in [0.29, 0.717) is 18.3 Å². The van der Waals surface area contributed by atoms with Crippen molar-refractivity contribution in [1.82, 2.24) is 25.4 Å². The standard InChI is InChI=1S/C12H19N5O4S/c1-7(9(18)14-10(19)13-2)22-12-16-15-11(20)17(12)6-8-4-3-5-21-8/h7-8H,3-6H2,1-2H3,(H,15,20)(H2,13,14,18,19)/t7-,8+/m1/s1. The first-order valence-electron chi connectivity index (χ1n) is 6.97. The van der Waals surface area contributed by atoms with Gasteiger partial charge in [0, 0.05) is 13.7 Å². The van der Waals surface area contributed by atoms with Crippen molar-refractivity contribution in [2.24, 2.45) is 0 Å². The van der Waals surface area contributed by atoms with E-state index in [-0.39, 0.29) is 11.8 Å². The molecule has 0 aliphatic carbocycles. The minimum Gasteiger partial charge on any atom is -0.376 e. The molecule has 9 nitrogen and oxygen atoms in total. The van der Waals surface area contributed by atoms with Crippen LogP contribution in [0.5, 0.6) is 0 Å². The predicted octanol–water partition coefficient (Wildman–Crippen LogP) is -0.313. The van der Waals surface area contributed by atoms with Crippen LogP contribution >= 0.6 is 11.8 Å². The first kappa shape index (κ1) is 16.6. The molecule has 0 aromatic carbocycles. The van der Waals surface area contributed by atoms with Gasteiger partial charge in [-0.15, -0.1) is 5.10 Å². The van der Waals surface area contributed by atoms with Gasteiger partial charge in [0.05, 0.1) is 17.9 Å². The smallest absolute Gasteiger partial charge is 0.344 e. The van der Waals surface area contributed by atoms with Crippen LogP contribution in [0.15, 0.2) is 9.95 Å². The van der Waals surface area contributed by atoms with Gasteiger partial charge in [0.2, 0.25) is 5.91 Å². The number of ether oxygens (including phenoxy) is 1.